The van der Waals surface area contributed by atoms with E-state index in [4.69, 9.17) is 9.84 Å². The Morgan fingerprint density at radius 3 is 2.94 bits per heavy atom. The molecule has 92 valence electrons. The van der Waals surface area contributed by atoms with E-state index in [1.165, 1.54) is 16.7 Å². The van der Waals surface area contributed by atoms with Gasteiger partial charge in [-0.2, -0.15) is 0 Å². The summed E-state index contributed by atoms with van der Waals surface area (Å²) >= 11 is 1.44. The van der Waals surface area contributed by atoms with Gasteiger partial charge in [-0.3, -0.25) is 0 Å². The van der Waals surface area contributed by atoms with Crippen LogP contribution in [-0.2, 0) is 9.53 Å². The number of carbonyl (C=O) groups excluding carboxylic acids is 1. The van der Waals surface area contributed by atoms with Gasteiger partial charge in [-0.25, -0.2) is 9.59 Å². The quantitative estimate of drug-likeness (QED) is 0.742. The monoisotopic (exact) mass is 248 g/mol. The Bertz CT molecular complexity index is 274. The zero-order valence-electron chi connectivity index (χ0n) is 9.30. The van der Waals surface area contributed by atoms with Gasteiger partial charge in [0.1, 0.15) is 6.04 Å². The van der Waals surface area contributed by atoms with Crippen molar-refractivity contribution in [3.05, 3.63) is 0 Å². The van der Waals surface area contributed by atoms with E-state index in [9.17, 15) is 9.59 Å². The zero-order valence-corrected chi connectivity index (χ0v) is 10.1. The van der Waals surface area contributed by atoms with E-state index in [-0.39, 0.29) is 12.1 Å². The number of rotatable bonds is 4. The van der Waals surface area contributed by atoms with Crippen molar-refractivity contribution in [1.29, 1.82) is 0 Å². The maximum atomic E-state index is 11.7. The Labute approximate surface area is 98.3 Å². The number of nitrogens with one attached hydrogen (secondary N) is 1. The van der Waals surface area contributed by atoms with E-state index in [2.05, 4.69) is 5.32 Å². The summed E-state index contributed by atoms with van der Waals surface area (Å²) in [6, 6.07) is -1.20. The van der Waals surface area contributed by atoms with Crippen LogP contribution in [0.25, 0.3) is 0 Å². The molecule has 16 heavy (non-hydrogen) atoms. The third-order valence-corrected chi connectivity index (χ3v) is 3.23. The van der Waals surface area contributed by atoms with Gasteiger partial charge in [0.2, 0.25) is 0 Å². The van der Waals surface area contributed by atoms with Gasteiger partial charge in [0, 0.05) is 12.9 Å². The number of urea groups is 1. The van der Waals surface area contributed by atoms with Gasteiger partial charge in [0.25, 0.3) is 0 Å². The van der Waals surface area contributed by atoms with Gasteiger partial charge >= 0.3 is 12.0 Å². The van der Waals surface area contributed by atoms with Crippen LogP contribution in [0.3, 0.4) is 0 Å². The summed E-state index contributed by atoms with van der Waals surface area (Å²) in [5.41, 5.74) is 0. The lowest BCUT2D eigenvalue weighted by atomic mass is 10.3. The lowest BCUT2D eigenvalue weighted by Gasteiger charge is -2.23. The molecule has 0 saturated carbocycles. The first-order chi connectivity index (χ1) is 7.56. The number of ether oxygens (including phenoxy) is 1. The predicted molar refractivity (Wildman–Crippen MR) is 60.5 cm³/mol. The molecule has 0 aliphatic carbocycles. The molecule has 1 heterocycles. The average Bonchev–Trinajstić information content (AvgIpc) is 2.65. The molecular weight excluding hydrogens is 232 g/mol. The van der Waals surface area contributed by atoms with Crippen LogP contribution in [0.1, 0.15) is 6.92 Å². The highest BCUT2D eigenvalue weighted by Gasteiger charge is 2.34. The van der Waals surface area contributed by atoms with Gasteiger partial charge < -0.3 is 20.1 Å². The normalized spacial score (nSPS) is 21.9. The van der Waals surface area contributed by atoms with Crippen LogP contribution >= 0.6 is 11.8 Å². The van der Waals surface area contributed by atoms with Gasteiger partial charge in [-0.1, -0.05) is 0 Å². The number of carboxylic acids is 1. The van der Waals surface area contributed by atoms with Gasteiger partial charge in [0.15, 0.2) is 0 Å². The number of thioether (sulfide) groups is 1. The number of carboxylic acid groups (broad SMARTS) is 1. The summed E-state index contributed by atoms with van der Waals surface area (Å²) in [4.78, 5) is 23.9. The SMILES string of the molecule is COCC(C)NC(=O)N1CSC[C@H]1C(=O)O. The highest BCUT2D eigenvalue weighted by atomic mass is 32.2. The van der Waals surface area contributed by atoms with Gasteiger partial charge in [0.05, 0.1) is 18.5 Å². The molecule has 2 atom stereocenters. The summed E-state index contributed by atoms with van der Waals surface area (Å²) in [6.45, 7) is 2.21. The summed E-state index contributed by atoms with van der Waals surface area (Å²) in [7, 11) is 1.55. The minimum atomic E-state index is -0.959. The third-order valence-electron chi connectivity index (χ3n) is 2.21. The minimum Gasteiger partial charge on any atom is -0.480 e. The fourth-order valence-corrected chi connectivity index (χ4v) is 2.58. The number of hydrogen-bond acceptors (Lipinski definition) is 4. The van der Waals surface area contributed by atoms with E-state index < -0.39 is 12.0 Å². The predicted octanol–water partition coefficient (Wildman–Crippen LogP) is 0.190. The van der Waals surface area contributed by atoms with Crippen molar-refractivity contribution < 1.29 is 19.4 Å². The zero-order chi connectivity index (χ0) is 12.1. The van der Waals surface area contributed by atoms with Crippen molar-refractivity contribution in [2.45, 2.75) is 19.0 Å². The van der Waals surface area contributed by atoms with E-state index in [1.54, 1.807) is 14.0 Å². The second kappa shape index (κ2) is 5.95. The first kappa shape index (κ1) is 13.1. The molecule has 0 aromatic heterocycles. The van der Waals surface area contributed by atoms with E-state index in [0.717, 1.165) is 0 Å². The van der Waals surface area contributed by atoms with Crippen LogP contribution in [0.4, 0.5) is 4.79 Å². The molecule has 1 aliphatic rings. The number of carbonyl (C=O) groups is 2. The van der Waals surface area contributed by atoms with Gasteiger partial charge in [-0.05, 0) is 6.92 Å². The average molecular weight is 248 g/mol. The molecule has 0 radical (unpaired) electrons. The molecule has 6 nitrogen and oxygen atoms in total. The standard InChI is InChI=1S/C9H16N2O4S/c1-6(3-15-2)10-9(14)11-5-16-4-7(11)8(12)13/h6-7H,3-5H2,1-2H3,(H,10,14)(H,12,13)/t6?,7-/m0/s1. The molecule has 7 heteroatoms. The lowest BCUT2D eigenvalue weighted by molar-refractivity contribution is -0.140. The topological polar surface area (TPSA) is 78.9 Å². The maximum absolute atomic E-state index is 11.7. The first-order valence-corrected chi connectivity index (χ1v) is 6.08. The number of nitrogens with zero attached hydrogens (tertiary/aromatic N) is 1. The molecule has 1 saturated heterocycles. The van der Waals surface area contributed by atoms with Crippen molar-refractivity contribution in [2.24, 2.45) is 0 Å². The Morgan fingerprint density at radius 2 is 2.38 bits per heavy atom. The second-order valence-corrected chi connectivity index (χ2v) is 4.63. The fourth-order valence-electron chi connectivity index (χ4n) is 1.43. The molecule has 0 aromatic carbocycles. The van der Waals surface area contributed by atoms with Crippen molar-refractivity contribution in [1.82, 2.24) is 10.2 Å². The summed E-state index contributed by atoms with van der Waals surface area (Å²) in [5.74, 6) is -0.0938. The van der Waals surface area contributed by atoms with Crippen LogP contribution in [-0.4, -0.2) is 59.4 Å². The van der Waals surface area contributed by atoms with Crippen molar-refractivity contribution >= 4 is 23.8 Å². The summed E-state index contributed by atoms with van der Waals surface area (Å²) in [5, 5.41) is 11.6. The number of amides is 2. The van der Waals surface area contributed by atoms with E-state index >= 15 is 0 Å². The molecule has 1 aliphatic heterocycles. The van der Waals surface area contributed by atoms with E-state index in [1.807, 2.05) is 0 Å². The summed E-state index contributed by atoms with van der Waals surface area (Å²) < 4.78 is 4.89. The molecule has 1 unspecified atom stereocenters. The highest BCUT2D eigenvalue weighted by Crippen LogP contribution is 2.20. The first-order valence-electron chi connectivity index (χ1n) is 4.93. The maximum Gasteiger partial charge on any atom is 0.327 e. The van der Waals surface area contributed by atoms with Crippen molar-refractivity contribution in [2.75, 3.05) is 25.3 Å². The molecule has 1 fully saturated rings. The molecule has 2 amide bonds. The smallest absolute Gasteiger partial charge is 0.327 e. The molecule has 2 N–H and O–H groups in total. The van der Waals surface area contributed by atoms with E-state index in [0.29, 0.717) is 18.2 Å². The molecule has 0 spiro atoms. The van der Waals surface area contributed by atoms with Crippen LogP contribution in [0.15, 0.2) is 0 Å². The van der Waals surface area contributed by atoms with Crippen LogP contribution < -0.4 is 5.32 Å². The van der Waals surface area contributed by atoms with Gasteiger partial charge in [-0.15, -0.1) is 11.8 Å². The Hall–Kier alpha value is -0.950. The lowest BCUT2D eigenvalue weighted by Crippen LogP contribution is -2.49. The number of hydrogen-bond donors (Lipinski definition) is 2. The molecule has 1 rings (SSSR count). The molecule has 0 aromatic rings. The number of methoxy groups -OCH3 is 1. The Kier molecular flexibility index (Phi) is 4.88. The second-order valence-electron chi connectivity index (χ2n) is 3.63. The van der Waals surface area contributed by atoms with Crippen LogP contribution in [0.2, 0.25) is 0 Å². The molecular formula is C9H16N2O4S. The third kappa shape index (κ3) is 3.28. The van der Waals surface area contributed by atoms with Crippen molar-refractivity contribution in [3.63, 3.8) is 0 Å². The number of aliphatic carboxylic acids is 1. The van der Waals surface area contributed by atoms with Crippen LogP contribution in [0, 0.1) is 0 Å². The molecule has 0 bridgehead atoms. The van der Waals surface area contributed by atoms with Crippen molar-refractivity contribution in [3.8, 4) is 0 Å². The summed E-state index contributed by atoms with van der Waals surface area (Å²) in [6.07, 6.45) is 0. The highest BCUT2D eigenvalue weighted by molar-refractivity contribution is 7.99. The van der Waals surface area contributed by atoms with Crippen LogP contribution in [0.5, 0.6) is 0 Å². The Balaban J connectivity index is 2.49. The Morgan fingerprint density at radius 1 is 1.69 bits per heavy atom. The fraction of sp³-hybridized carbons (Fsp3) is 0.778. The minimum absolute atomic E-state index is 0.127. The largest absolute Gasteiger partial charge is 0.480 e.